The standard InChI is InChI=1S/C17H22F3N3/c1-21-16(22-9-8-17(18,19)20)23-10-14-13-7-6-11-4-2-3-5-12(11)15(13)14/h2-5,13-15H,6-10H2,1H3,(H2,21,22,23). The van der Waals surface area contributed by atoms with Gasteiger partial charge in [0.05, 0.1) is 6.42 Å². The number of guanidine groups is 1. The van der Waals surface area contributed by atoms with E-state index in [0.29, 0.717) is 23.7 Å². The van der Waals surface area contributed by atoms with Crippen LogP contribution in [0.5, 0.6) is 0 Å². The molecule has 2 aliphatic rings. The molecular weight excluding hydrogens is 303 g/mol. The highest BCUT2D eigenvalue weighted by Crippen LogP contribution is 2.59. The molecule has 23 heavy (non-hydrogen) atoms. The minimum absolute atomic E-state index is 0.149. The lowest BCUT2D eigenvalue weighted by Gasteiger charge is -2.13. The SMILES string of the molecule is CN=C(NCCC(F)(F)F)NCC1C2CCc3ccccc3C21. The highest BCUT2D eigenvalue weighted by Gasteiger charge is 2.52. The molecule has 3 unspecified atom stereocenters. The number of aliphatic imine (C=N–C) groups is 1. The largest absolute Gasteiger partial charge is 0.390 e. The molecule has 0 bridgehead atoms. The van der Waals surface area contributed by atoms with Crippen LogP contribution in [-0.2, 0) is 6.42 Å². The molecule has 0 radical (unpaired) electrons. The Kier molecular flexibility index (Phi) is 4.50. The second-order valence-electron chi connectivity index (χ2n) is 6.34. The fourth-order valence-corrected chi connectivity index (χ4v) is 3.75. The van der Waals surface area contributed by atoms with Gasteiger partial charge in [0.25, 0.3) is 0 Å². The minimum atomic E-state index is -4.14. The van der Waals surface area contributed by atoms with Gasteiger partial charge in [-0.2, -0.15) is 13.2 Å². The van der Waals surface area contributed by atoms with Gasteiger partial charge in [0.15, 0.2) is 5.96 Å². The quantitative estimate of drug-likeness (QED) is 0.659. The second kappa shape index (κ2) is 6.42. The van der Waals surface area contributed by atoms with Gasteiger partial charge in [-0.05, 0) is 41.7 Å². The Hall–Kier alpha value is -1.72. The van der Waals surface area contributed by atoms with Crippen LogP contribution in [-0.4, -0.2) is 32.3 Å². The van der Waals surface area contributed by atoms with Gasteiger partial charge >= 0.3 is 6.18 Å². The summed E-state index contributed by atoms with van der Waals surface area (Å²) in [6.45, 7) is 0.610. The van der Waals surface area contributed by atoms with E-state index in [1.807, 2.05) is 0 Å². The van der Waals surface area contributed by atoms with Crippen LogP contribution in [0.4, 0.5) is 13.2 Å². The monoisotopic (exact) mass is 325 g/mol. The van der Waals surface area contributed by atoms with Crippen molar-refractivity contribution in [2.75, 3.05) is 20.1 Å². The van der Waals surface area contributed by atoms with Gasteiger partial charge in [-0.3, -0.25) is 4.99 Å². The first-order valence-corrected chi connectivity index (χ1v) is 8.08. The zero-order chi connectivity index (χ0) is 16.4. The maximum absolute atomic E-state index is 12.2. The topological polar surface area (TPSA) is 36.4 Å². The van der Waals surface area contributed by atoms with E-state index < -0.39 is 12.6 Å². The van der Waals surface area contributed by atoms with E-state index in [2.05, 4.69) is 39.9 Å². The maximum atomic E-state index is 12.2. The molecule has 2 aliphatic carbocycles. The van der Waals surface area contributed by atoms with Crippen molar-refractivity contribution in [2.24, 2.45) is 16.8 Å². The van der Waals surface area contributed by atoms with Gasteiger partial charge in [-0.25, -0.2) is 0 Å². The fraction of sp³-hybridized carbons (Fsp3) is 0.588. The number of nitrogens with one attached hydrogen (secondary N) is 2. The highest BCUT2D eigenvalue weighted by molar-refractivity contribution is 5.79. The predicted molar refractivity (Wildman–Crippen MR) is 84.5 cm³/mol. The molecule has 2 N–H and O–H groups in total. The number of halogens is 3. The molecule has 0 aromatic heterocycles. The molecule has 0 amide bonds. The highest BCUT2D eigenvalue weighted by atomic mass is 19.4. The normalized spacial score (nSPS) is 26.3. The van der Waals surface area contributed by atoms with E-state index in [9.17, 15) is 13.2 Å². The van der Waals surface area contributed by atoms with Crippen LogP contribution in [0, 0.1) is 11.8 Å². The zero-order valence-corrected chi connectivity index (χ0v) is 13.2. The first kappa shape index (κ1) is 16.1. The Labute approximate surface area is 134 Å². The van der Waals surface area contributed by atoms with Crippen molar-refractivity contribution in [3.8, 4) is 0 Å². The number of hydrogen-bond donors (Lipinski definition) is 2. The third kappa shape index (κ3) is 3.79. The predicted octanol–water partition coefficient (Wildman–Crippen LogP) is 3.08. The van der Waals surface area contributed by atoms with E-state index in [1.54, 1.807) is 7.05 Å². The van der Waals surface area contributed by atoms with Crippen molar-refractivity contribution >= 4 is 5.96 Å². The van der Waals surface area contributed by atoms with Crippen molar-refractivity contribution in [1.82, 2.24) is 10.6 Å². The molecule has 1 aromatic rings. The van der Waals surface area contributed by atoms with Crippen LogP contribution in [0.25, 0.3) is 0 Å². The third-order valence-electron chi connectivity index (χ3n) is 4.92. The van der Waals surface area contributed by atoms with E-state index >= 15 is 0 Å². The number of alkyl halides is 3. The molecule has 0 saturated heterocycles. The number of aryl methyl sites for hydroxylation is 1. The molecule has 126 valence electrons. The van der Waals surface area contributed by atoms with Crippen molar-refractivity contribution in [1.29, 1.82) is 0 Å². The Balaban J connectivity index is 1.48. The molecule has 6 heteroatoms. The summed E-state index contributed by atoms with van der Waals surface area (Å²) < 4.78 is 36.5. The first-order valence-electron chi connectivity index (χ1n) is 8.08. The van der Waals surface area contributed by atoms with Gasteiger partial charge in [0, 0.05) is 20.1 Å². The Morgan fingerprint density at radius 3 is 2.78 bits per heavy atom. The summed E-state index contributed by atoms with van der Waals surface area (Å²) in [7, 11) is 1.58. The van der Waals surface area contributed by atoms with Gasteiger partial charge < -0.3 is 10.6 Å². The van der Waals surface area contributed by atoms with Gasteiger partial charge in [0.2, 0.25) is 0 Å². The summed E-state index contributed by atoms with van der Waals surface area (Å²) in [6, 6.07) is 8.58. The number of rotatable bonds is 4. The van der Waals surface area contributed by atoms with Crippen molar-refractivity contribution < 1.29 is 13.2 Å². The molecule has 3 atom stereocenters. The number of benzene rings is 1. The summed E-state index contributed by atoms with van der Waals surface area (Å²) >= 11 is 0. The maximum Gasteiger partial charge on any atom is 0.390 e. The van der Waals surface area contributed by atoms with E-state index in [0.717, 1.165) is 13.0 Å². The molecule has 1 saturated carbocycles. The van der Waals surface area contributed by atoms with Crippen molar-refractivity contribution in [2.45, 2.75) is 31.4 Å². The molecule has 1 aromatic carbocycles. The Morgan fingerprint density at radius 2 is 2.04 bits per heavy atom. The molecule has 0 aliphatic heterocycles. The zero-order valence-electron chi connectivity index (χ0n) is 13.2. The van der Waals surface area contributed by atoms with Gasteiger partial charge in [-0.15, -0.1) is 0 Å². The van der Waals surface area contributed by atoms with E-state index in [1.165, 1.54) is 17.5 Å². The summed E-state index contributed by atoms with van der Waals surface area (Å²) in [6.07, 6.45) is -2.66. The average Bonchev–Trinajstić information content (AvgIpc) is 3.23. The van der Waals surface area contributed by atoms with Crippen LogP contribution >= 0.6 is 0 Å². The summed E-state index contributed by atoms with van der Waals surface area (Å²) in [5, 5.41) is 5.90. The van der Waals surface area contributed by atoms with E-state index in [4.69, 9.17) is 0 Å². The summed E-state index contributed by atoms with van der Waals surface area (Å²) in [5.74, 6) is 2.30. The fourth-order valence-electron chi connectivity index (χ4n) is 3.75. The summed E-state index contributed by atoms with van der Waals surface area (Å²) in [4.78, 5) is 4.00. The van der Waals surface area contributed by atoms with Gasteiger partial charge in [0.1, 0.15) is 0 Å². The Bertz CT molecular complexity index is 583. The van der Waals surface area contributed by atoms with Crippen LogP contribution in [0.2, 0.25) is 0 Å². The van der Waals surface area contributed by atoms with Crippen LogP contribution < -0.4 is 10.6 Å². The Morgan fingerprint density at radius 1 is 1.26 bits per heavy atom. The number of fused-ring (bicyclic) bond motifs is 3. The molecule has 3 nitrogen and oxygen atoms in total. The molecular formula is C17H22F3N3. The average molecular weight is 325 g/mol. The van der Waals surface area contributed by atoms with Crippen molar-refractivity contribution in [3.63, 3.8) is 0 Å². The first-order chi connectivity index (χ1) is 11.0. The smallest absolute Gasteiger partial charge is 0.356 e. The lowest BCUT2D eigenvalue weighted by molar-refractivity contribution is -0.132. The lowest BCUT2D eigenvalue weighted by Crippen LogP contribution is -2.40. The van der Waals surface area contributed by atoms with Crippen LogP contribution in [0.15, 0.2) is 29.3 Å². The molecule has 0 spiro atoms. The number of nitrogens with zero attached hydrogens (tertiary/aromatic N) is 1. The minimum Gasteiger partial charge on any atom is -0.356 e. The van der Waals surface area contributed by atoms with Crippen molar-refractivity contribution in [3.05, 3.63) is 35.4 Å². The molecule has 3 rings (SSSR count). The molecule has 0 heterocycles. The number of hydrogen-bond acceptors (Lipinski definition) is 1. The lowest BCUT2D eigenvalue weighted by atomic mass is 9.92. The van der Waals surface area contributed by atoms with Gasteiger partial charge in [-0.1, -0.05) is 24.3 Å². The van der Waals surface area contributed by atoms with Crippen LogP contribution in [0.1, 0.15) is 29.9 Å². The molecule has 1 fully saturated rings. The van der Waals surface area contributed by atoms with Crippen LogP contribution in [0.3, 0.4) is 0 Å². The third-order valence-corrected chi connectivity index (χ3v) is 4.92. The van der Waals surface area contributed by atoms with E-state index in [-0.39, 0.29) is 6.54 Å². The summed E-state index contributed by atoms with van der Waals surface area (Å²) in [5.41, 5.74) is 2.90. The second-order valence-corrected chi connectivity index (χ2v) is 6.34.